The number of nitrogens with one attached hydrogen (secondary N) is 1. The molecule has 0 saturated heterocycles. The molecule has 2 heteroatoms. The van der Waals surface area contributed by atoms with Crippen molar-refractivity contribution in [2.24, 2.45) is 11.8 Å². The Morgan fingerprint density at radius 1 is 1.43 bits per heavy atom. The van der Waals surface area contributed by atoms with Crippen LogP contribution in [0.1, 0.15) is 32.4 Å². The van der Waals surface area contributed by atoms with Crippen molar-refractivity contribution in [3.8, 4) is 0 Å². The minimum atomic E-state index is 0.676. The van der Waals surface area contributed by atoms with E-state index in [0.29, 0.717) is 6.04 Å². The minimum Gasteiger partial charge on any atom is -0.468 e. The van der Waals surface area contributed by atoms with Crippen LogP contribution in [0.5, 0.6) is 0 Å². The number of hydrogen-bond acceptors (Lipinski definition) is 2. The Hall–Kier alpha value is -0.760. The molecule has 1 aromatic heterocycles. The summed E-state index contributed by atoms with van der Waals surface area (Å²) in [6.07, 6.45) is 4.40. The molecule has 0 bridgehead atoms. The molecule has 0 aromatic carbocycles. The second-order valence-corrected chi connectivity index (χ2v) is 4.48. The monoisotopic (exact) mass is 193 g/mol. The summed E-state index contributed by atoms with van der Waals surface area (Å²) in [5, 5.41) is 3.57. The van der Waals surface area contributed by atoms with Crippen LogP contribution in [0, 0.1) is 11.8 Å². The van der Waals surface area contributed by atoms with Gasteiger partial charge in [-0.1, -0.05) is 13.8 Å². The van der Waals surface area contributed by atoms with E-state index in [0.717, 1.165) is 24.1 Å². The molecule has 3 atom stereocenters. The van der Waals surface area contributed by atoms with Crippen LogP contribution in [0.4, 0.5) is 0 Å². The van der Waals surface area contributed by atoms with Gasteiger partial charge in [0.1, 0.15) is 5.76 Å². The molecule has 1 aromatic rings. The van der Waals surface area contributed by atoms with Gasteiger partial charge in [0.15, 0.2) is 0 Å². The summed E-state index contributed by atoms with van der Waals surface area (Å²) < 4.78 is 5.29. The van der Waals surface area contributed by atoms with E-state index in [1.807, 2.05) is 12.1 Å². The van der Waals surface area contributed by atoms with Crippen LogP contribution in [0.3, 0.4) is 0 Å². The fraction of sp³-hybridized carbons (Fsp3) is 0.667. The summed E-state index contributed by atoms with van der Waals surface area (Å²) in [5.41, 5.74) is 0. The van der Waals surface area contributed by atoms with Crippen LogP contribution >= 0.6 is 0 Å². The molecular formula is C12H19NO. The lowest BCUT2D eigenvalue weighted by Crippen LogP contribution is -2.31. The van der Waals surface area contributed by atoms with Crippen molar-refractivity contribution in [3.05, 3.63) is 24.2 Å². The number of hydrogen-bond donors (Lipinski definition) is 1. The maximum absolute atomic E-state index is 5.29. The molecule has 1 saturated carbocycles. The zero-order chi connectivity index (χ0) is 9.97. The summed E-state index contributed by atoms with van der Waals surface area (Å²) in [4.78, 5) is 0. The molecule has 78 valence electrons. The van der Waals surface area contributed by atoms with Crippen molar-refractivity contribution in [1.29, 1.82) is 0 Å². The van der Waals surface area contributed by atoms with Crippen LogP contribution in [-0.2, 0) is 6.54 Å². The third kappa shape index (κ3) is 2.01. The SMILES string of the molecule is CC1CCC(NCc2ccco2)C1C. The van der Waals surface area contributed by atoms with Gasteiger partial charge in [-0.2, -0.15) is 0 Å². The smallest absolute Gasteiger partial charge is 0.117 e. The summed E-state index contributed by atoms with van der Waals surface area (Å²) in [6.45, 7) is 5.56. The van der Waals surface area contributed by atoms with E-state index in [2.05, 4.69) is 19.2 Å². The summed E-state index contributed by atoms with van der Waals surface area (Å²) in [6, 6.07) is 4.64. The molecule has 14 heavy (non-hydrogen) atoms. The van der Waals surface area contributed by atoms with Crippen LogP contribution < -0.4 is 5.32 Å². The fourth-order valence-corrected chi connectivity index (χ4v) is 2.30. The van der Waals surface area contributed by atoms with Crippen LogP contribution in [0.25, 0.3) is 0 Å². The third-order valence-electron chi connectivity index (χ3n) is 3.58. The molecule has 1 fully saturated rings. The van der Waals surface area contributed by atoms with Gasteiger partial charge in [0.2, 0.25) is 0 Å². The van der Waals surface area contributed by atoms with Gasteiger partial charge in [-0.15, -0.1) is 0 Å². The van der Waals surface area contributed by atoms with Gasteiger partial charge in [0, 0.05) is 6.04 Å². The van der Waals surface area contributed by atoms with Gasteiger partial charge in [-0.25, -0.2) is 0 Å². The van der Waals surface area contributed by atoms with E-state index in [1.165, 1.54) is 12.8 Å². The second-order valence-electron chi connectivity index (χ2n) is 4.48. The normalized spacial score (nSPS) is 32.3. The second kappa shape index (κ2) is 4.18. The Morgan fingerprint density at radius 2 is 2.29 bits per heavy atom. The van der Waals surface area contributed by atoms with E-state index in [-0.39, 0.29) is 0 Å². The Bertz CT molecular complexity index is 268. The van der Waals surface area contributed by atoms with Crippen LogP contribution in [-0.4, -0.2) is 6.04 Å². The summed E-state index contributed by atoms with van der Waals surface area (Å²) >= 11 is 0. The molecule has 0 spiro atoms. The van der Waals surface area contributed by atoms with Crippen molar-refractivity contribution >= 4 is 0 Å². The molecule has 0 aliphatic heterocycles. The van der Waals surface area contributed by atoms with E-state index in [1.54, 1.807) is 6.26 Å². The highest BCUT2D eigenvalue weighted by molar-refractivity contribution is 4.98. The number of rotatable bonds is 3. The first kappa shape index (κ1) is 9.78. The molecule has 3 unspecified atom stereocenters. The van der Waals surface area contributed by atoms with Crippen molar-refractivity contribution in [2.45, 2.75) is 39.3 Å². The van der Waals surface area contributed by atoms with E-state index in [4.69, 9.17) is 4.42 Å². The Morgan fingerprint density at radius 3 is 2.86 bits per heavy atom. The van der Waals surface area contributed by atoms with E-state index >= 15 is 0 Å². The van der Waals surface area contributed by atoms with E-state index < -0.39 is 0 Å². The largest absolute Gasteiger partial charge is 0.468 e. The lowest BCUT2D eigenvalue weighted by Gasteiger charge is -2.18. The van der Waals surface area contributed by atoms with Gasteiger partial charge in [0.25, 0.3) is 0 Å². The topological polar surface area (TPSA) is 25.2 Å². The third-order valence-corrected chi connectivity index (χ3v) is 3.58. The lowest BCUT2D eigenvalue weighted by atomic mass is 9.98. The van der Waals surface area contributed by atoms with Crippen LogP contribution in [0.15, 0.2) is 22.8 Å². The Balaban J connectivity index is 1.81. The van der Waals surface area contributed by atoms with Crippen molar-refractivity contribution in [3.63, 3.8) is 0 Å². The molecule has 0 amide bonds. The maximum atomic E-state index is 5.29. The quantitative estimate of drug-likeness (QED) is 0.798. The average molecular weight is 193 g/mol. The maximum Gasteiger partial charge on any atom is 0.117 e. The standard InChI is InChI=1S/C12H19NO/c1-9-5-6-12(10(9)2)13-8-11-4-3-7-14-11/h3-4,7,9-10,12-13H,5-6,8H2,1-2H3. The minimum absolute atomic E-state index is 0.676. The summed E-state index contributed by atoms with van der Waals surface area (Å²) in [5.74, 6) is 2.70. The Labute approximate surface area is 85.7 Å². The molecule has 1 N–H and O–H groups in total. The average Bonchev–Trinajstić information content (AvgIpc) is 2.77. The van der Waals surface area contributed by atoms with Crippen LogP contribution in [0.2, 0.25) is 0 Å². The first-order chi connectivity index (χ1) is 6.77. The highest BCUT2D eigenvalue weighted by Gasteiger charge is 2.29. The van der Waals surface area contributed by atoms with Gasteiger partial charge in [-0.05, 0) is 36.8 Å². The first-order valence-corrected chi connectivity index (χ1v) is 5.53. The molecule has 1 aliphatic rings. The zero-order valence-electron chi connectivity index (χ0n) is 8.99. The van der Waals surface area contributed by atoms with Crippen molar-refractivity contribution < 1.29 is 4.42 Å². The van der Waals surface area contributed by atoms with Gasteiger partial charge >= 0.3 is 0 Å². The fourth-order valence-electron chi connectivity index (χ4n) is 2.30. The predicted molar refractivity (Wildman–Crippen MR) is 56.9 cm³/mol. The van der Waals surface area contributed by atoms with Gasteiger partial charge < -0.3 is 9.73 Å². The lowest BCUT2D eigenvalue weighted by molar-refractivity contribution is 0.356. The molecule has 2 rings (SSSR count). The zero-order valence-corrected chi connectivity index (χ0v) is 8.99. The van der Waals surface area contributed by atoms with Crippen molar-refractivity contribution in [2.75, 3.05) is 0 Å². The molecule has 1 heterocycles. The predicted octanol–water partition coefficient (Wildman–Crippen LogP) is 2.80. The van der Waals surface area contributed by atoms with E-state index in [9.17, 15) is 0 Å². The van der Waals surface area contributed by atoms with Gasteiger partial charge in [-0.3, -0.25) is 0 Å². The first-order valence-electron chi connectivity index (χ1n) is 5.53. The Kier molecular flexibility index (Phi) is 2.92. The summed E-state index contributed by atoms with van der Waals surface area (Å²) in [7, 11) is 0. The highest BCUT2D eigenvalue weighted by Crippen LogP contribution is 2.31. The molecular weight excluding hydrogens is 174 g/mol. The van der Waals surface area contributed by atoms with Crippen molar-refractivity contribution in [1.82, 2.24) is 5.32 Å². The molecule has 2 nitrogen and oxygen atoms in total. The number of furan rings is 1. The molecule has 1 aliphatic carbocycles. The van der Waals surface area contributed by atoms with Gasteiger partial charge in [0.05, 0.1) is 12.8 Å². The molecule has 0 radical (unpaired) electrons. The highest BCUT2D eigenvalue weighted by atomic mass is 16.3.